The first-order valence-electron chi connectivity index (χ1n) is 6.45. The number of halogens is 1. The molecule has 1 aromatic carbocycles. The molecule has 2 unspecified atom stereocenters. The molecule has 0 spiro atoms. The van der Waals surface area contributed by atoms with Crippen LogP contribution in [0, 0.1) is 0 Å². The normalized spacial score (nSPS) is 23.4. The number of piperidine rings is 1. The molecule has 1 heterocycles. The maximum atomic E-state index is 12.5. The van der Waals surface area contributed by atoms with Crippen LogP contribution in [0.5, 0.6) is 0 Å². The van der Waals surface area contributed by atoms with Gasteiger partial charge >= 0.3 is 0 Å². The van der Waals surface area contributed by atoms with E-state index in [0.29, 0.717) is 18.7 Å². The highest BCUT2D eigenvalue weighted by Crippen LogP contribution is 2.22. The largest absolute Gasteiger partial charge is 0.381 e. The average molecular weight is 327 g/mol. The second-order valence-electron chi connectivity index (χ2n) is 4.78. The van der Waals surface area contributed by atoms with Gasteiger partial charge in [-0.3, -0.25) is 4.79 Å². The third-order valence-electron chi connectivity index (χ3n) is 3.61. The van der Waals surface area contributed by atoms with E-state index in [4.69, 9.17) is 10.5 Å². The first kappa shape index (κ1) is 14.5. The molecule has 1 saturated heterocycles. The fourth-order valence-electron chi connectivity index (χ4n) is 2.51. The summed E-state index contributed by atoms with van der Waals surface area (Å²) in [5.41, 5.74) is 6.50. The van der Waals surface area contributed by atoms with Crippen molar-refractivity contribution >= 4 is 21.8 Å². The number of carbonyl (C=O) groups excluding carboxylic acids is 1. The topological polar surface area (TPSA) is 55.6 Å². The third kappa shape index (κ3) is 3.35. The van der Waals surface area contributed by atoms with Crippen molar-refractivity contribution in [3.8, 4) is 0 Å². The monoisotopic (exact) mass is 326 g/mol. The van der Waals surface area contributed by atoms with Gasteiger partial charge in [0.05, 0.1) is 6.10 Å². The van der Waals surface area contributed by atoms with Crippen LogP contribution in [0.2, 0.25) is 0 Å². The van der Waals surface area contributed by atoms with Gasteiger partial charge in [-0.15, -0.1) is 0 Å². The van der Waals surface area contributed by atoms with Crippen LogP contribution >= 0.6 is 15.9 Å². The molecule has 1 fully saturated rings. The lowest BCUT2D eigenvalue weighted by atomic mass is 9.98. The Hall–Kier alpha value is -0.910. The van der Waals surface area contributed by atoms with Gasteiger partial charge in [-0.1, -0.05) is 22.0 Å². The summed E-state index contributed by atoms with van der Waals surface area (Å²) in [5.74, 6) is 0.0475. The highest BCUT2D eigenvalue weighted by Gasteiger charge is 2.31. The van der Waals surface area contributed by atoms with E-state index >= 15 is 0 Å². The van der Waals surface area contributed by atoms with Crippen LogP contribution in [0.15, 0.2) is 28.7 Å². The van der Waals surface area contributed by atoms with Crippen molar-refractivity contribution in [3.05, 3.63) is 34.3 Å². The van der Waals surface area contributed by atoms with Crippen molar-refractivity contribution in [1.82, 2.24) is 4.90 Å². The van der Waals surface area contributed by atoms with E-state index in [-0.39, 0.29) is 18.1 Å². The predicted octanol–water partition coefficient (Wildman–Crippen LogP) is 2.03. The molecular formula is C14H19BrN2O2. The zero-order chi connectivity index (χ0) is 13.8. The summed E-state index contributed by atoms with van der Waals surface area (Å²) in [5, 5.41) is 0. The molecule has 2 atom stereocenters. The molecule has 0 aromatic heterocycles. The molecule has 1 aromatic rings. The van der Waals surface area contributed by atoms with E-state index in [2.05, 4.69) is 15.9 Å². The van der Waals surface area contributed by atoms with Crippen LogP contribution in [0.4, 0.5) is 0 Å². The van der Waals surface area contributed by atoms with Gasteiger partial charge < -0.3 is 15.4 Å². The second kappa shape index (κ2) is 6.50. The Morgan fingerprint density at radius 2 is 2.37 bits per heavy atom. The fourth-order valence-corrected chi connectivity index (χ4v) is 2.91. The van der Waals surface area contributed by atoms with Crippen molar-refractivity contribution in [2.45, 2.75) is 25.0 Å². The van der Waals surface area contributed by atoms with Gasteiger partial charge in [-0.05, 0) is 31.0 Å². The number of hydrogen-bond donors (Lipinski definition) is 1. The predicted molar refractivity (Wildman–Crippen MR) is 78.1 cm³/mol. The smallest absolute Gasteiger partial charge is 0.254 e. The molecule has 0 bridgehead atoms. The first-order chi connectivity index (χ1) is 9.15. The Kier molecular flexibility index (Phi) is 4.96. The number of likely N-dealkylation sites (tertiary alicyclic amines) is 1. The quantitative estimate of drug-likeness (QED) is 0.924. The van der Waals surface area contributed by atoms with Crippen LogP contribution in [0.25, 0.3) is 0 Å². The number of ether oxygens (including phenoxy) is 1. The van der Waals surface area contributed by atoms with Gasteiger partial charge in [0, 0.05) is 36.3 Å². The molecule has 0 saturated carbocycles. The number of methoxy groups -OCH3 is 1. The Morgan fingerprint density at radius 3 is 3.00 bits per heavy atom. The Bertz CT molecular complexity index is 453. The van der Waals surface area contributed by atoms with E-state index in [9.17, 15) is 4.79 Å². The second-order valence-corrected chi connectivity index (χ2v) is 5.70. The van der Waals surface area contributed by atoms with Gasteiger partial charge in [-0.2, -0.15) is 0 Å². The van der Waals surface area contributed by atoms with Gasteiger partial charge in [-0.25, -0.2) is 0 Å². The van der Waals surface area contributed by atoms with Gasteiger partial charge in [0.1, 0.15) is 0 Å². The van der Waals surface area contributed by atoms with Crippen LogP contribution in [-0.2, 0) is 4.74 Å². The zero-order valence-electron chi connectivity index (χ0n) is 11.0. The summed E-state index contributed by atoms with van der Waals surface area (Å²) >= 11 is 3.39. The Balaban J connectivity index is 2.14. The number of nitrogens with zero attached hydrogens (tertiary/aromatic N) is 1. The van der Waals surface area contributed by atoms with Crippen LogP contribution < -0.4 is 5.73 Å². The van der Waals surface area contributed by atoms with Crippen LogP contribution in [0.3, 0.4) is 0 Å². The zero-order valence-corrected chi connectivity index (χ0v) is 12.6. The minimum Gasteiger partial charge on any atom is -0.381 e. The third-order valence-corrected chi connectivity index (χ3v) is 4.10. The number of amides is 1. The average Bonchev–Trinajstić information content (AvgIpc) is 2.45. The molecule has 2 N–H and O–H groups in total. The molecule has 0 aliphatic carbocycles. The summed E-state index contributed by atoms with van der Waals surface area (Å²) < 4.78 is 6.29. The lowest BCUT2D eigenvalue weighted by molar-refractivity contribution is 0.0139. The molecule has 1 aliphatic rings. The number of hydrogen-bond acceptors (Lipinski definition) is 3. The summed E-state index contributed by atoms with van der Waals surface area (Å²) in [6.07, 6.45) is 1.89. The SMILES string of the molecule is COC1CCN(C(=O)c2cccc(Br)c2)C(CN)C1. The lowest BCUT2D eigenvalue weighted by Gasteiger charge is -2.38. The van der Waals surface area contributed by atoms with Crippen molar-refractivity contribution in [3.63, 3.8) is 0 Å². The van der Waals surface area contributed by atoms with Crippen molar-refractivity contribution in [2.24, 2.45) is 5.73 Å². The van der Waals surface area contributed by atoms with Crippen molar-refractivity contribution in [2.75, 3.05) is 20.2 Å². The number of benzene rings is 1. The highest BCUT2D eigenvalue weighted by atomic mass is 79.9. The molecule has 19 heavy (non-hydrogen) atoms. The van der Waals surface area contributed by atoms with E-state index in [1.165, 1.54) is 0 Å². The molecule has 1 aliphatic heterocycles. The maximum Gasteiger partial charge on any atom is 0.254 e. The van der Waals surface area contributed by atoms with Crippen molar-refractivity contribution in [1.29, 1.82) is 0 Å². The number of nitrogens with two attached hydrogens (primary N) is 1. The fraction of sp³-hybridized carbons (Fsp3) is 0.500. The van der Waals surface area contributed by atoms with Gasteiger partial charge in [0.15, 0.2) is 0 Å². The van der Waals surface area contributed by atoms with Crippen LogP contribution in [-0.4, -0.2) is 43.2 Å². The van der Waals surface area contributed by atoms with E-state index in [1.54, 1.807) is 7.11 Å². The standard InChI is InChI=1S/C14H19BrN2O2/c1-19-13-5-6-17(12(8-13)9-16)14(18)10-3-2-4-11(15)7-10/h2-4,7,12-13H,5-6,8-9,16H2,1H3. The molecule has 0 radical (unpaired) electrons. The molecule has 2 rings (SSSR count). The lowest BCUT2D eigenvalue weighted by Crippen LogP contribution is -2.51. The molecule has 104 valence electrons. The molecular weight excluding hydrogens is 308 g/mol. The molecule has 4 nitrogen and oxygen atoms in total. The molecule has 5 heteroatoms. The summed E-state index contributed by atoms with van der Waals surface area (Å²) in [7, 11) is 1.71. The van der Waals surface area contributed by atoms with Crippen LogP contribution in [0.1, 0.15) is 23.2 Å². The van der Waals surface area contributed by atoms with E-state index in [1.807, 2.05) is 29.2 Å². The number of carbonyl (C=O) groups is 1. The van der Waals surface area contributed by atoms with Crippen molar-refractivity contribution < 1.29 is 9.53 Å². The minimum atomic E-state index is 0.0475. The molecule has 1 amide bonds. The maximum absolute atomic E-state index is 12.5. The summed E-state index contributed by atoms with van der Waals surface area (Å²) in [6.45, 7) is 1.17. The van der Waals surface area contributed by atoms with E-state index in [0.717, 1.165) is 17.3 Å². The number of rotatable bonds is 3. The Morgan fingerprint density at radius 1 is 1.58 bits per heavy atom. The van der Waals surface area contributed by atoms with Gasteiger partial charge in [0.2, 0.25) is 0 Å². The summed E-state index contributed by atoms with van der Waals surface area (Å²) in [4.78, 5) is 14.4. The minimum absolute atomic E-state index is 0.0475. The van der Waals surface area contributed by atoms with E-state index < -0.39 is 0 Å². The summed E-state index contributed by atoms with van der Waals surface area (Å²) in [6, 6.07) is 7.53. The Labute approximate surface area is 122 Å². The van der Waals surface area contributed by atoms with Gasteiger partial charge in [0.25, 0.3) is 5.91 Å². The highest BCUT2D eigenvalue weighted by molar-refractivity contribution is 9.10. The first-order valence-corrected chi connectivity index (χ1v) is 7.24.